The zero-order valence-corrected chi connectivity index (χ0v) is 25.1. The summed E-state index contributed by atoms with van der Waals surface area (Å²) < 4.78 is 250. The van der Waals surface area contributed by atoms with Gasteiger partial charge in [-0.15, -0.1) is 0 Å². The van der Waals surface area contributed by atoms with Crippen molar-refractivity contribution in [3.8, 4) is 0 Å². The van der Waals surface area contributed by atoms with Crippen LogP contribution in [0.2, 0.25) is 0 Å². The molecule has 0 aliphatic carbocycles. The van der Waals surface area contributed by atoms with E-state index in [1.165, 1.54) is 24.3 Å². The normalized spacial score (nSPS) is 13.3. The van der Waals surface area contributed by atoms with E-state index in [4.69, 9.17) is 0 Å². The molecule has 0 aliphatic heterocycles. The lowest BCUT2D eigenvalue weighted by Crippen LogP contribution is -2.46. The summed E-state index contributed by atoms with van der Waals surface area (Å²) in [6.45, 7) is 0. The molecule has 0 bridgehead atoms. The fourth-order valence-corrected chi connectivity index (χ4v) is 8.49. The second-order valence-corrected chi connectivity index (χ2v) is 17.0. The zero-order valence-electron chi connectivity index (χ0n) is 21.8. The molecule has 0 spiro atoms. The van der Waals surface area contributed by atoms with E-state index in [1.807, 2.05) is 0 Å². The molecular formula is C21H18F14O9S4. The Kier molecular flexibility index (Phi) is 15.8. The van der Waals surface area contributed by atoms with Gasteiger partial charge in [0.15, 0.2) is 9.67 Å². The summed E-state index contributed by atoms with van der Waals surface area (Å²) in [7, 11) is -26.1. The van der Waals surface area contributed by atoms with Crippen LogP contribution in [0, 0.1) is 11.6 Å². The molecule has 2 aromatic rings. The second-order valence-electron chi connectivity index (χ2n) is 8.15. The molecule has 278 valence electrons. The van der Waals surface area contributed by atoms with E-state index in [-0.39, 0.29) is 13.2 Å². The molecule has 0 aromatic heterocycles. The quantitative estimate of drug-likeness (QED) is 0.255. The minimum Gasteiger partial charge on any atom is -0.298 e. The van der Waals surface area contributed by atoms with Crippen molar-refractivity contribution in [1.82, 2.24) is 0 Å². The van der Waals surface area contributed by atoms with Crippen LogP contribution < -0.4 is 0 Å². The number of sulfone groups is 4. The Balaban J connectivity index is 0. The Morgan fingerprint density at radius 2 is 0.812 bits per heavy atom. The van der Waals surface area contributed by atoms with Gasteiger partial charge in [0.2, 0.25) is 0 Å². The van der Waals surface area contributed by atoms with Gasteiger partial charge in [0.05, 0.1) is 0 Å². The topological polar surface area (TPSA) is 154 Å². The molecule has 9 nitrogen and oxygen atoms in total. The zero-order chi connectivity index (χ0) is 37.7. The van der Waals surface area contributed by atoms with Gasteiger partial charge in [0.1, 0.15) is 17.9 Å². The van der Waals surface area contributed by atoms with Crippen molar-refractivity contribution in [1.29, 1.82) is 0 Å². The third-order valence-electron chi connectivity index (χ3n) is 4.67. The first-order valence-electron chi connectivity index (χ1n) is 10.8. The smallest absolute Gasteiger partial charge is 0.298 e. The fourth-order valence-electron chi connectivity index (χ4n) is 2.38. The van der Waals surface area contributed by atoms with E-state index >= 15 is 0 Å². The number of carbonyl (C=O) groups is 1. The van der Waals surface area contributed by atoms with Crippen LogP contribution in [0.3, 0.4) is 0 Å². The first-order chi connectivity index (χ1) is 20.6. The molecule has 0 radical (unpaired) electrons. The Bertz CT molecular complexity index is 1710. The molecule has 0 fully saturated rings. The molecule has 0 unspecified atom stereocenters. The van der Waals surface area contributed by atoms with Gasteiger partial charge in [-0.05, 0) is 42.0 Å². The highest BCUT2D eigenvalue weighted by Gasteiger charge is 2.62. The van der Waals surface area contributed by atoms with Crippen LogP contribution >= 0.6 is 0 Å². The number of aldehydes is 1. The van der Waals surface area contributed by atoms with Crippen LogP contribution in [0.15, 0.2) is 48.5 Å². The van der Waals surface area contributed by atoms with Gasteiger partial charge in [0.25, 0.3) is 39.3 Å². The van der Waals surface area contributed by atoms with Crippen LogP contribution in [0.25, 0.3) is 0 Å². The summed E-state index contributed by atoms with van der Waals surface area (Å²) in [5.41, 5.74) is -24.5. The van der Waals surface area contributed by atoms with Crippen LogP contribution in [0.4, 0.5) is 61.5 Å². The van der Waals surface area contributed by atoms with E-state index in [0.29, 0.717) is 36.1 Å². The van der Waals surface area contributed by atoms with Crippen molar-refractivity contribution in [3.05, 3.63) is 71.3 Å². The lowest BCUT2D eigenvalue weighted by Gasteiger charge is -2.21. The average molecular weight is 809 g/mol. The lowest BCUT2D eigenvalue weighted by molar-refractivity contribution is -0.0478. The van der Waals surface area contributed by atoms with Gasteiger partial charge in [-0.25, -0.2) is 42.5 Å². The van der Waals surface area contributed by atoms with Crippen molar-refractivity contribution in [2.24, 2.45) is 0 Å². The number of carbonyl (C=O) groups excluding carboxylic acids is 1. The lowest BCUT2D eigenvalue weighted by atomic mass is 10.2. The average Bonchev–Trinajstić information content (AvgIpc) is 2.86. The highest BCUT2D eigenvalue weighted by Crippen LogP contribution is 2.38. The van der Waals surface area contributed by atoms with Crippen LogP contribution in [-0.4, -0.2) is 71.7 Å². The van der Waals surface area contributed by atoms with Gasteiger partial charge in [-0.2, -0.15) is 52.7 Å². The monoisotopic (exact) mass is 808 g/mol. The molecular weight excluding hydrogens is 790 g/mol. The molecule has 0 N–H and O–H groups in total. The second kappa shape index (κ2) is 16.1. The Hall–Kier alpha value is -3.07. The third kappa shape index (κ3) is 12.8. The van der Waals surface area contributed by atoms with E-state index in [0.717, 1.165) is 0 Å². The van der Waals surface area contributed by atoms with Gasteiger partial charge in [-0.3, -0.25) is 4.79 Å². The molecule has 0 saturated carbocycles. The Labute approximate surface area is 262 Å². The molecule has 27 heteroatoms. The minimum atomic E-state index is -6.69. The number of hydrogen-bond donors (Lipinski definition) is 0. The first kappa shape index (κ1) is 47.0. The molecule has 2 aromatic carbocycles. The van der Waals surface area contributed by atoms with Crippen molar-refractivity contribution in [2.75, 3.05) is 5.08 Å². The van der Waals surface area contributed by atoms with Gasteiger partial charge >= 0.3 is 22.0 Å². The first-order valence-corrected chi connectivity index (χ1v) is 17.2. The van der Waals surface area contributed by atoms with Crippen molar-refractivity contribution in [2.45, 2.75) is 40.5 Å². The number of benzene rings is 2. The number of hydrogen-bond acceptors (Lipinski definition) is 9. The summed E-state index contributed by atoms with van der Waals surface area (Å²) in [4.78, 5) is 10.00. The summed E-state index contributed by atoms with van der Waals surface area (Å²) in [5.74, 6) is -1.22. The summed E-state index contributed by atoms with van der Waals surface area (Å²) >= 11 is 0. The number of alkyl halides is 12. The summed E-state index contributed by atoms with van der Waals surface area (Å²) in [6, 6.07) is 8.00. The predicted octanol–water partition coefficient (Wildman–Crippen LogP) is 5.65. The highest BCUT2D eigenvalue weighted by atomic mass is 32.3. The maximum Gasteiger partial charge on any atom is 0.498 e. The standard InChI is InChI=1S/C10H7F7O4S2.C7H5FO.C3H2F6O4S2.CH4/c11-7-3-1-6(2-4-7)5-8(22(18,19)9(12,13)14)23(20,21)10(15,16)17;8-7-3-1-6(5-9)2-4-7;4-2(5,6)14(10,11)1-15(12,13)3(7,8)9;/h1-4,8H,5H2;1-5H;1H2;1H4. The van der Waals surface area contributed by atoms with Gasteiger partial charge in [0, 0.05) is 12.0 Å². The maximum atomic E-state index is 12.7. The maximum absolute atomic E-state index is 12.7. The molecule has 0 heterocycles. The Morgan fingerprint density at radius 3 is 1.06 bits per heavy atom. The molecule has 0 atom stereocenters. The minimum absolute atomic E-state index is 0. The summed E-state index contributed by atoms with van der Waals surface area (Å²) in [6.07, 6.45) is -0.955. The molecule has 48 heavy (non-hydrogen) atoms. The number of halogens is 14. The van der Waals surface area contributed by atoms with E-state index in [2.05, 4.69) is 0 Å². The van der Waals surface area contributed by atoms with Crippen molar-refractivity contribution < 1.29 is 99.9 Å². The highest BCUT2D eigenvalue weighted by molar-refractivity contribution is 8.10. The van der Waals surface area contributed by atoms with Gasteiger partial charge < -0.3 is 0 Å². The van der Waals surface area contributed by atoms with Gasteiger partial charge in [-0.1, -0.05) is 19.6 Å². The van der Waals surface area contributed by atoms with Crippen LogP contribution in [-0.2, 0) is 45.8 Å². The molecule has 2 rings (SSSR count). The fraction of sp³-hybridized carbons (Fsp3) is 0.381. The summed E-state index contributed by atoms with van der Waals surface area (Å²) in [5, 5.41) is -3.03. The van der Waals surface area contributed by atoms with Crippen molar-refractivity contribution in [3.63, 3.8) is 0 Å². The predicted molar refractivity (Wildman–Crippen MR) is 137 cm³/mol. The van der Waals surface area contributed by atoms with E-state index < -0.39 is 88.9 Å². The molecule has 0 amide bonds. The largest absolute Gasteiger partial charge is 0.498 e. The number of rotatable bonds is 7. The van der Waals surface area contributed by atoms with Crippen LogP contribution in [0.1, 0.15) is 23.3 Å². The molecule has 0 saturated heterocycles. The third-order valence-corrected chi connectivity index (χ3v) is 13.1. The Morgan fingerprint density at radius 1 is 0.521 bits per heavy atom. The van der Waals surface area contributed by atoms with E-state index in [9.17, 15) is 99.9 Å². The SMILES string of the molecule is C.O=Cc1ccc(F)cc1.O=S(=O)(C(Cc1ccc(F)cc1)S(=O)(=O)C(F)(F)F)C(F)(F)F.O=S(=O)(CS(=O)(=O)C(F)(F)F)C(F)(F)F. The van der Waals surface area contributed by atoms with Crippen molar-refractivity contribution >= 4 is 45.6 Å². The molecule has 0 aliphatic rings. The van der Waals surface area contributed by atoms with Crippen LogP contribution in [0.5, 0.6) is 0 Å². The van der Waals surface area contributed by atoms with E-state index in [1.54, 1.807) is 0 Å².